The number of nitrogens with zero attached hydrogens (tertiary/aromatic N) is 3. The third-order valence-electron chi connectivity index (χ3n) is 3.42. The molecule has 0 radical (unpaired) electrons. The van der Waals surface area contributed by atoms with Gasteiger partial charge in [0.1, 0.15) is 0 Å². The number of nitrogens with two attached hydrogens (primary N) is 1. The van der Waals surface area contributed by atoms with E-state index in [-0.39, 0.29) is 0 Å². The van der Waals surface area contributed by atoms with E-state index < -0.39 is 0 Å². The van der Waals surface area contributed by atoms with Crippen LogP contribution in [-0.2, 0) is 13.0 Å². The summed E-state index contributed by atoms with van der Waals surface area (Å²) >= 11 is 0. The first-order chi connectivity index (χ1) is 8.74. The highest BCUT2D eigenvalue weighted by molar-refractivity contribution is 5.55. The maximum atomic E-state index is 6.04. The van der Waals surface area contributed by atoms with Gasteiger partial charge in [-0.05, 0) is 42.7 Å². The largest absolute Gasteiger partial charge is 0.398 e. The number of benzene rings is 1. The summed E-state index contributed by atoms with van der Waals surface area (Å²) in [6.45, 7) is 3.73. The normalized spacial score (nSPS) is 14.4. The Hall–Kier alpha value is -2.10. The number of anilines is 2. The van der Waals surface area contributed by atoms with Crippen molar-refractivity contribution in [2.45, 2.75) is 19.9 Å². The summed E-state index contributed by atoms with van der Waals surface area (Å²) in [5.41, 5.74) is 10.4. The molecule has 1 aromatic heterocycles. The van der Waals surface area contributed by atoms with Gasteiger partial charge in [0.05, 0.1) is 5.69 Å². The lowest BCUT2D eigenvalue weighted by Crippen LogP contribution is -2.31. The van der Waals surface area contributed by atoms with Crippen LogP contribution in [0.3, 0.4) is 0 Å². The molecule has 2 aromatic rings. The second kappa shape index (κ2) is 4.29. The molecular formula is C14H16N4. The number of aromatic nitrogens is 2. The average molecular weight is 240 g/mol. The van der Waals surface area contributed by atoms with Crippen LogP contribution in [0.1, 0.15) is 16.8 Å². The van der Waals surface area contributed by atoms with Crippen molar-refractivity contribution in [2.24, 2.45) is 0 Å². The third-order valence-corrected chi connectivity index (χ3v) is 3.42. The predicted octanol–water partition coefficient (Wildman–Crippen LogP) is 1.93. The van der Waals surface area contributed by atoms with Gasteiger partial charge in [0, 0.05) is 18.8 Å². The molecule has 1 aromatic carbocycles. The lowest BCUT2D eigenvalue weighted by atomic mass is 9.98. The van der Waals surface area contributed by atoms with Gasteiger partial charge in [-0.3, -0.25) is 0 Å². The van der Waals surface area contributed by atoms with Crippen molar-refractivity contribution in [3.8, 4) is 0 Å². The smallest absolute Gasteiger partial charge is 0.151 e. The fraction of sp³-hybridized carbons (Fsp3) is 0.286. The van der Waals surface area contributed by atoms with Gasteiger partial charge in [-0.2, -0.15) is 5.10 Å². The molecule has 0 unspecified atom stereocenters. The zero-order valence-corrected chi connectivity index (χ0v) is 10.4. The Bertz CT molecular complexity index is 563. The molecule has 3 rings (SSSR count). The van der Waals surface area contributed by atoms with Gasteiger partial charge in [0.15, 0.2) is 5.82 Å². The van der Waals surface area contributed by atoms with Gasteiger partial charge < -0.3 is 10.6 Å². The molecule has 18 heavy (non-hydrogen) atoms. The molecular weight excluding hydrogens is 224 g/mol. The topological polar surface area (TPSA) is 55.0 Å². The minimum absolute atomic E-state index is 0.819. The molecule has 4 nitrogen and oxygen atoms in total. The molecule has 0 spiro atoms. The van der Waals surface area contributed by atoms with Crippen LogP contribution in [0.4, 0.5) is 11.5 Å². The van der Waals surface area contributed by atoms with Gasteiger partial charge in [-0.25, -0.2) is 0 Å². The molecule has 92 valence electrons. The SMILES string of the molecule is Cc1ccc(N2CCc3cccc(N)c3C2)nn1. The van der Waals surface area contributed by atoms with E-state index in [9.17, 15) is 0 Å². The van der Waals surface area contributed by atoms with Crippen LogP contribution in [0.2, 0.25) is 0 Å². The van der Waals surface area contributed by atoms with E-state index in [4.69, 9.17) is 5.73 Å². The van der Waals surface area contributed by atoms with E-state index >= 15 is 0 Å². The first-order valence-corrected chi connectivity index (χ1v) is 6.15. The summed E-state index contributed by atoms with van der Waals surface area (Å²) in [5.74, 6) is 0.925. The minimum atomic E-state index is 0.819. The molecule has 0 atom stereocenters. The molecule has 0 fully saturated rings. The first kappa shape index (κ1) is 11.0. The summed E-state index contributed by atoms with van der Waals surface area (Å²) in [7, 11) is 0. The second-order valence-corrected chi connectivity index (χ2v) is 4.69. The molecule has 0 aliphatic carbocycles. The van der Waals surface area contributed by atoms with Crippen molar-refractivity contribution in [1.82, 2.24) is 10.2 Å². The Morgan fingerprint density at radius 3 is 2.83 bits per heavy atom. The molecule has 0 bridgehead atoms. The molecule has 1 aliphatic rings. The van der Waals surface area contributed by atoms with Crippen LogP contribution in [-0.4, -0.2) is 16.7 Å². The summed E-state index contributed by atoms with van der Waals surface area (Å²) in [6.07, 6.45) is 1.01. The first-order valence-electron chi connectivity index (χ1n) is 6.15. The summed E-state index contributed by atoms with van der Waals surface area (Å²) in [6, 6.07) is 10.2. The van der Waals surface area contributed by atoms with Crippen LogP contribution in [0.5, 0.6) is 0 Å². The van der Waals surface area contributed by atoms with Gasteiger partial charge in [-0.1, -0.05) is 12.1 Å². The number of nitrogen functional groups attached to an aromatic ring is 1. The van der Waals surface area contributed by atoms with Crippen LogP contribution in [0.25, 0.3) is 0 Å². The van der Waals surface area contributed by atoms with E-state index in [2.05, 4.69) is 21.2 Å². The van der Waals surface area contributed by atoms with E-state index in [1.807, 2.05) is 31.2 Å². The van der Waals surface area contributed by atoms with Crippen LogP contribution in [0.15, 0.2) is 30.3 Å². The highest BCUT2D eigenvalue weighted by atomic mass is 15.3. The number of rotatable bonds is 1. The fourth-order valence-electron chi connectivity index (χ4n) is 2.36. The summed E-state index contributed by atoms with van der Waals surface area (Å²) in [5, 5.41) is 8.35. The van der Waals surface area contributed by atoms with E-state index in [0.717, 1.165) is 36.7 Å². The number of aryl methyl sites for hydroxylation is 1. The Morgan fingerprint density at radius 2 is 2.06 bits per heavy atom. The highest BCUT2D eigenvalue weighted by Gasteiger charge is 2.19. The van der Waals surface area contributed by atoms with Gasteiger partial charge in [0.2, 0.25) is 0 Å². The van der Waals surface area contributed by atoms with Gasteiger partial charge in [0.25, 0.3) is 0 Å². The number of hydrogen-bond acceptors (Lipinski definition) is 4. The standard InChI is InChI=1S/C14H16N4/c1-10-5-6-14(17-16-10)18-8-7-11-3-2-4-13(15)12(11)9-18/h2-6H,7-9,15H2,1H3. The zero-order chi connectivity index (χ0) is 12.5. The van der Waals surface area contributed by atoms with Crippen molar-refractivity contribution < 1.29 is 0 Å². The van der Waals surface area contributed by atoms with Crippen molar-refractivity contribution in [3.63, 3.8) is 0 Å². The average Bonchev–Trinajstić information content (AvgIpc) is 2.40. The van der Waals surface area contributed by atoms with Crippen molar-refractivity contribution >= 4 is 11.5 Å². The van der Waals surface area contributed by atoms with E-state index in [1.165, 1.54) is 11.1 Å². The Labute approximate surface area is 106 Å². The zero-order valence-electron chi connectivity index (χ0n) is 10.4. The lowest BCUT2D eigenvalue weighted by Gasteiger charge is -2.30. The van der Waals surface area contributed by atoms with Crippen LogP contribution >= 0.6 is 0 Å². The molecule has 1 aliphatic heterocycles. The quantitative estimate of drug-likeness (QED) is 0.774. The van der Waals surface area contributed by atoms with Crippen molar-refractivity contribution in [2.75, 3.05) is 17.2 Å². The maximum absolute atomic E-state index is 6.04. The van der Waals surface area contributed by atoms with Crippen LogP contribution in [0, 0.1) is 6.92 Å². The van der Waals surface area contributed by atoms with Crippen LogP contribution < -0.4 is 10.6 Å². The minimum Gasteiger partial charge on any atom is -0.398 e. The molecule has 2 N–H and O–H groups in total. The molecule has 0 saturated heterocycles. The third kappa shape index (κ3) is 1.90. The Morgan fingerprint density at radius 1 is 1.17 bits per heavy atom. The lowest BCUT2D eigenvalue weighted by molar-refractivity contribution is 0.713. The number of fused-ring (bicyclic) bond motifs is 1. The molecule has 2 heterocycles. The highest BCUT2D eigenvalue weighted by Crippen LogP contribution is 2.26. The van der Waals surface area contributed by atoms with E-state index in [0.29, 0.717) is 0 Å². The maximum Gasteiger partial charge on any atom is 0.151 e. The summed E-state index contributed by atoms with van der Waals surface area (Å²) in [4.78, 5) is 2.23. The second-order valence-electron chi connectivity index (χ2n) is 4.69. The number of hydrogen-bond donors (Lipinski definition) is 1. The molecule has 4 heteroatoms. The monoisotopic (exact) mass is 240 g/mol. The van der Waals surface area contributed by atoms with E-state index in [1.54, 1.807) is 0 Å². The Kier molecular flexibility index (Phi) is 2.63. The molecule has 0 saturated carbocycles. The molecule has 0 amide bonds. The fourth-order valence-corrected chi connectivity index (χ4v) is 2.36. The summed E-state index contributed by atoms with van der Waals surface area (Å²) < 4.78 is 0. The predicted molar refractivity (Wildman–Crippen MR) is 72.4 cm³/mol. The van der Waals surface area contributed by atoms with Gasteiger partial charge >= 0.3 is 0 Å². The van der Waals surface area contributed by atoms with Crippen molar-refractivity contribution in [3.05, 3.63) is 47.2 Å². The Balaban J connectivity index is 1.90. The van der Waals surface area contributed by atoms with Gasteiger partial charge in [-0.15, -0.1) is 5.10 Å². The van der Waals surface area contributed by atoms with Crippen molar-refractivity contribution in [1.29, 1.82) is 0 Å².